The van der Waals surface area contributed by atoms with Gasteiger partial charge in [-0.2, -0.15) is 12.6 Å². The Balaban J connectivity index is 1.43. The van der Waals surface area contributed by atoms with Gasteiger partial charge in [0.2, 0.25) is 0 Å². The van der Waals surface area contributed by atoms with E-state index in [0.29, 0.717) is 6.04 Å². The van der Waals surface area contributed by atoms with Crippen LogP contribution in [0, 0.1) is 0 Å². The molecule has 4 rings (SSSR count). The molecule has 2 heterocycles. The van der Waals surface area contributed by atoms with Gasteiger partial charge in [-0.3, -0.25) is 9.80 Å². The first-order valence-electron chi connectivity index (χ1n) is 9.44. The molecule has 0 amide bonds. The average Bonchev–Trinajstić information content (AvgIpc) is 3.05. The highest BCUT2D eigenvalue weighted by Gasteiger charge is 2.23. The van der Waals surface area contributed by atoms with Crippen LogP contribution >= 0.6 is 12.6 Å². The molecule has 2 aliphatic heterocycles. The van der Waals surface area contributed by atoms with Crippen molar-refractivity contribution < 1.29 is 0 Å². The first kappa shape index (κ1) is 17.1. The number of benzene rings is 2. The van der Waals surface area contributed by atoms with Gasteiger partial charge in [0.25, 0.3) is 0 Å². The van der Waals surface area contributed by atoms with Gasteiger partial charge in [0.15, 0.2) is 0 Å². The highest BCUT2D eigenvalue weighted by Crippen LogP contribution is 2.27. The first-order chi connectivity index (χ1) is 12.1. The van der Waals surface area contributed by atoms with Crippen LogP contribution in [0.2, 0.25) is 0 Å². The fraction of sp³-hybridized carbons (Fsp3) is 0.455. The van der Waals surface area contributed by atoms with Crippen LogP contribution < -0.4 is 0 Å². The molecule has 0 saturated heterocycles. The van der Waals surface area contributed by atoms with Crippen molar-refractivity contribution in [2.24, 2.45) is 0 Å². The lowest BCUT2D eigenvalue weighted by Crippen LogP contribution is -2.37. The Morgan fingerprint density at radius 3 is 2.36 bits per heavy atom. The van der Waals surface area contributed by atoms with E-state index in [1.54, 1.807) is 0 Å². The SMILES string of the molecule is CC(C)N1Cc2ccc(CC(S)N3CCc4ccccc4C3)cc2C1. The monoisotopic (exact) mass is 352 g/mol. The van der Waals surface area contributed by atoms with Crippen LogP contribution in [0.25, 0.3) is 0 Å². The zero-order chi connectivity index (χ0) is 17.4. The normalized spacial score (nSPS) is 19.0. The summed E-state index contributed by atoms with van der Waals surface area (Å²) in [6.45, 7) is 8.89. The summed E-state index contributed by atoms with van der Waals surface area (Å²) >= 11 is 4.95. The predicted molar refractivity (Wildman–Crippen MR) is 108 cm³/mol. The van der Waals surface area contributed by atoms with Crippen LogP contribution in [0.3, 0.4) is 0 Å². The largest absolute Gasteiger partial charge is 0.292 e. The van der Waals surface area contributed by atoms with E-state index in [1.165, 1.54) is 27.8 Å². The molecule has 25 heavy (non-hydrogen) atoms. The summed E-state index contributed by atoms with van der Waals surface area (Å²) < 4.78 is 0. The highest BCUT2D eigenvalue weighted by molar-refractivity contribution is 7.80. The molecule has 2 nitrogen and oxygen atoms in total. The number of hydrogen-bond acceptors (Lipinski definition) is 3. The van der Waals surface area contributed by atoms with Gasteiger partial charge in [0.1, 0.15) is 0 Å². The Morgan fingerprint density at radius 2 is 1.56 bits per heavy atom. The third-order valence-electron chi connectivity index (χ3n) is 5.75. The summed E-state index contributed by atoms with van der Waals surface area (Å²) in [6.07, 6.45) is 2.15. The molecule has 0 aliphatic carbocycles. The number of rotatable bonds is 4. The molecular formula is C22H28N2S. The maximum atomic E-state index is 4.95. The zero-order valence-corrected chi connectivity index (χ0v) is 16.2. The van der Waals surface area contributed by atoms with Gasteiger partial charge >= 0.3 is 0 Å². The van der Waals surface area contributed by atoms with E-state index < -0.39 is 0 Å². The van der Waals surface area contributed by atoms with Gasteiger partial charge in [0.05, 0.1) is 5.37 Å². The summed E-state index contributed by atoms with van der Waals surface area (Å²) in [7, 11) is 0. The minimum atomic E-state index is 0.286. The van der Waals surface area contributed by atoms with Gasteiger partial charge in [-0.25, -0.2) is 0 Å². The third-order valence-corrected chi connectivity index (χ3v) is 6.26. The molecule has 132 valence electrons. The van der Waals surface area contributed by atoms with Crippen molar-refractivity contribution in [3.8, 4) is 0 Å². The Kier molecular flexibility index (Phi) is 4.90. The molecule has 2 aromatic rings. The lowest BCUT2D eigenvalue weighted by Gasteiger charge is -2.33. The van der Waals surface area contributed by atoms with Crippen LogP contribution in [0.1, 0.15) is 41.7 Å². The third kappa shape index (κ3) is 3.64. The molecule has 2 aliphatic rings. The highest BCUT2D eigenvalue weighted by atomic mass is 32.1. The van der Waals surface area contributed by atoms with Crippen molar-refractivity contribution in [2.45, 2.75) is 57.7 Å². The zero-order valence-electron chi connectivity index (χ0n) is 15.3. The second-order valence-corrected chi connectivity index (χ2v) is 8.37. The predicted octanol–water partition coefficient (Wildman–Crippen LogP) is 4.27. The topological polar surface area (TPSA) is 6.48 Å². The summed E-state index contributed by atoms with van der Waals surface area (Å²) in [5.74, 6) is 0. The molecular weight excluding hydrogens is 324 g/mol. The number of nitrogens with zero attached hydrogens (tertiary/aromatic N) is 2. The Bertz CT molecular complexity index is 755. The molecule has 0 aromatic heterocycles. The average molecular weight is 353 g/mol. The van der Waals surface area contributed by atoms with Crippen LogP contribution in [0.5, 0.6) is 0 Å². The van der Waals surface area contributed by atoms with Crippen molar-refractivity contribution >= 4 is 12.6 Å². The molecule has 0 N–H and O–H groups in total. The molecule has 0 saturated carbocycles. The number of thiol groups is 1. The number of hydrogen-bond donors (Lipinski definition) is 1. The Hall–Kier alpha value is -1.29. The van der Waals surface area contributed by atoms with Crippen molar-refractivity contribution in [3.63, 3.8) is 0 Å². The summed E-state index contributed by atoms with van der Waals surface area (Å²) in [6, 6.07) is 16.5. The quantitative estimate of drug-likeness (QED) is 0.821. The Morgan fingerprint density at radius 1 is 0.880 bits per heavy atom. The van der Waals surface area contributed by atoms with Gasteiger partial charge in [-0.05, 0) is 54.5 Å². The Labute approximate surface area is 157 Å². The van der Waals surface area contributed by atoms with Crippen LogP contribution in [0.15, 0.2) is 42.5 Å². The number of fused-ring (bicyclic) bond motifs is 2. The second-order valence-electron chi connectivity index (χ2n) is 7.78. The van der Waals surface area contributed by atoms with E-state index in [9.17, 15) is 0 Å². The molecule has 3 heteroatoms. The van der Waals surface area contributed by atoms with E-state index in [2.05, 4.69) is 66.1 Å². The molecule has 2 aromatic carbocycles. The summed E-state index contributed by atoms with van der Waals surface area (Å²) in [5.41, 5.74) is 7.40. The fourth-order valence-electron chi connectivity index (χ4n) is 4.08. The minimum absolute atomic E-state index is 0.286. The van der Waals surface area contributed by atoms with Gasteiger partial charge in [-0.1, -0.05) is 42.5 Å². The van der Waals surface area contributed by atoms with Crippen molar-refractivity contribution in [1.29, 1.82) is 0 Å². The molecule has 1 unspecified atom stereocenters. The molecule has 0 fully saturated rings. The molecule has 0 radical (unpaired) electrons. The van der Waals surface area contributed by atoms with E-state index in [0.717, 1.165) is 39.0 Å². The van der Waals surface area contributed by atoms with Gasteiger partial charge in [0, 0.05) is 32.2 Å². The van der Waals surface area contributed by atoms with E-state index in [-0.39, 0.29) is 5.37 Å². The molecule has 0 spiro atoms. The lowest BCUT2D eigenvalue weighted by molar-refractivity contribution is 0.227. The lowest BCUT2D eigenvalue weighted by atomic mass is 9.99. The summed E-state index contributed by atoms with van der Waals surface area (Å²) in [4.78, 5) is 5.05. The maximum absolute atomic E-state index is 4.95. The van der Waals surface area contributed by atoms with Crippen molar-refractivity contribution in [1.82, 2.24) is 9.80 Å². The second kappa shape index (κ2) is 7.14. The van der Waals surface area contributed by atoms with Crippen LogP contribution in [0.4, 0.5) is 0 Å². The first-order valence-corrected chi connectivity index (χ1v) is 9.95. The van der Waals surface area contributed by atoms with Crippen molar-refractivity contribution in [2.75, 3.05) is 6.54 Å². The molecule has 0 bridgehead atoms. The summed E-state index contributed by atoms with van der Waals surface area (Å²) in [5, 5.41) is 0.286. The van der Waals surface area contributed by atoms with Gasteiger partial charge in [-0.15, -0.1) is 0 Å². The standard InChI is InChI=1S/C22H28N2S/c1-16(2)24-14-20-8-7-17(11-21(20)15-24)12-22(25)23-10-9-18-5-3-4-6-19(18)13-23/h3-8,11,16,22,25H,9-10,12-15H2,1-2H3. The minimum Gasteiger partial charge on any atom is -0.292 e. The smallest absolute Gasteiger partial charge is 0.0571 e. The maximum Gasteiger partial charge on any atom is 0.0571 e. The molecule has 1 atom stereocenters. The fourth-order valence-corrected chi connectivity index (χ4v) is 4.49. The van der Waals surface area contributed by atoms with Crippen molar-refractivity contribution in [3.05, 3.63) is 70.3 Å². The van der Waals surface area contributed by atoms with E-state index >= 15 is 0 Å². The van der Waals surface area contributed by atoms with E-state index in [4.69, 9.17) is 12.6 Å². The van der Waals surface area contributed by atoms with Crippen LogP contribution in [-0.4, -0.2) is 27.8 Å². The van der Waals surface area contributed by atoms with Crippen LogP contribution in [-0.2, 0) is 32.5 Å². The van der Waals surface area contributed by atoms with E-state index in [1.807, 2.05) is 0 Å². The van der Waals surface area contributed by atoms with Gasteiger partial charge < -0.3 is 0 Å².